The SMILES string of the molecule is CCN1C(=O)[C@@H](NC(=O)c2cccc(C(F)(F)F)c2)[C@@H](c2ccc(F)cc2)c2c(C(=O)N3CCC[C@H]3C#N)nn(-c3cccc(OCCN4CCN(C5COC5)CC4)c3)c21. The van der Waals surface area contributed by atoms with E-state index >= 15 is 0 Å². The van der Waals surface area contributed by atoms with E-state index in [0.29, 0.717) is 55.1 Å². The van der Waals surface area contributed by atoms with Crippen LogP contribution in [0.25, 0.3) is 5.69 Å². The van der Waals surface area contributed by atoms with Crippen molar-refractivity contribution in [2.75, 3.05) is 70.5 Å². The average molecular weight is 829 g/mol. The van der Waals surface area contributed by atoms with Crippen molar-refractivity contribution in [3.63, 3.8) is 0 Å². The van der Waals surface area contributed by atoms with Gasteiger partial charge in [-0.15, -0.1) is 0 Å². The van der Waals surface area contributed by atoms with E-state index in [1.54, 1.807) is 31.2 Å². The third-order valence-electron chi connectivity index (χ3n) is 11.8. The van der Waals surface area contributed by atoms with E-state index in [1.807, 2.05) is 0 Å². The number of benzene rings is 3. The van der Waals surface area contributed by atoms with Crippen LogP contribution in [0.3, 0.4) is 0 Å². The van der Waals surface area contributed by atoms with E-state index in [1.165, 1.54) is 44.8 Å². The number of ether oxygens (including phenoxy) is 2. The highest BCUT2D eigenvalue weighted by Gasteiger charge is 2.48. The third-order valence-corrected chi connectivity index (χ3v) is 11.8. The molecule has 4 aromatic rings. The van der Waals surface area contributed by atoms with Crippen LogP contribution in [-0.2, 0) is 15.7 Å². The van der Waals surface area contributed by atoms with Crippen LogP contribution in [0.5, 0.6) is 5.75 Å². The van der Waals surface area contributed by atoms with E-state index in [9.17, 15) is 37.2 Å². The number of rotatable bonds is 11. The van der Waals surface area contributed by atoms with E-state index in [4.69, 9.17) is 14.6 Å². The Balaban J connectivity index is 1.17. The van der Waals surface area contributed by atoms with Crippen molar-refractivity contribution in [1.29, 1.82) is 5.26 Å². The number of aromatic nitrogens is 2. The summed E-state index contributed by atoms with van der Waals surface area (Å²) in [6, 6.07) is 16.6. The fraction of sp³-hybridized carbons (Fsp3) is 0.419. The highest BCUT2D eigenvalue weighted by molar-refractivity contribution is 6.07. The molecule has 0 unspecified atom stereocenters. The van der Waals surface area contributed by atoms with E-state index in [0.717, 1.165) is 51.5 Å². The Hall–Kier alpha value is -5.83. The molecule has 8 rings (SSSR count). The first-order chi connectivity index (χ1) is 28.9. The van der Waals surface area contributed by atoms with Gasteiger partial charge in [0.2, 0.25) is 0 Å². The lowest BCUT2D eigenvalue weighted by molar-refractivity contribution is -0.137. The van der Waals surface area contributed by atoms with Crippen LogP contribution in [0, 0.1) is 17.1 Å². The minimum Gasteiger partial charge on any atom is -0.492 e. The summed E-state index contributed by atoms with van der Waals surface area (Å²) in [5, 5.41) is 17.5. The molecule has 1 aromatic heterocycles. The lowest BCUT2D eigenvalue weighted by atomic mass is 9.80. The van der Waals surface area contributed by atoms with Crippen LogP contribution in [0.2, 0.25) is 0 Å². The average Bonchev–Trinajstić information content (AvgIpc) is 3.87. The van der Waals surface area contributed by atoms with Crippen LogP contribution in [0.15, 0.2) is 72.8 Å². The Morgan fingerprint density at radius 2 is 1.75 bits per heavy atom. The highest BCUT2D eigenvalue weighted by atomic mass is 19.4. The van der Waals surface area contributed by atoms with Crippen molar-refractivity contribution in [3.05, 3.63) is 107 Å². The number of amides is 3. The zero-order valence-corrected chi connectivity index (χ0v) is 32.9. The Kier molecular flexibility index (Phi) is 11.6. The number of hydrogen-bond acceptors (Lipinski definition) is 9. The molecule has 0 radical (unpaired) electrons. The minimum atomic E-state index is -4.73. The Morgan fingerprint density at radius 1 is 1.00 bits per heavy atom. The summed E-state index contributed by atoms with van der Waals surface area (Å²) in [5.74, 6) is -3.19. The number of anilines is 1. The minimum absolute atomic E-state index is 0.0407. The number of carbonyl (C=O) groups is 3. The van der Waals surface area contributed by atoms with Crippen LogP contribution in [-0.4, -0.2) is 126 Å². The maximum atomic E-state index is 14.8. The maximum Gasteiger partial charge on any atom is 0.416 e. The third kappa shape index (κ3) is 8.06. The van der Waals surface area contributed by atoms with Gasteiger partial charge in [-0.05, 0) is 67.8 Å². The number of alkyl halides is 3. The van der Waals surface area contributed by atoms with E-state index in [-0.39, 0.29) is 35.7 Å². The van der Waals surface area contributed by atoms with Gasteiger partial charge in [0.15, 0.2) is 5.69 Å². The molecule has 1 N–H and O–H groups in total. The summed E-state index contributed by atoms with van der Waals surface area (Å²) in [6.45, 7) is 8.45. The quantitative estimate of drug-likeness (QED) is 0.211. The molecule has 5 heterocycles. The molecule has 0 aliphatic carbocycles. The van der Waals surface area contributed by atoms with Gasteiger partial charge in [-0.3, -0.25) is 29.1 Å². The van der Waals surface area contributed by atoms with E-state index in [2.05, 4.69) is 21.2 Å². The molecule has 4 aliphatic heterocycles. The Bertz CT molecular complexity index is 2280. The topological polar surface area (TPSA) is 136 Å². The number of hydrogen-bond donors (Lipinski definition) is 1. The number of piperazine rings is 1. The lowest BCUT2D eigenvalue weighted by Crippen LogP contribution is -2.56. The molecule has 0 bridgehead atoms. The van der Waals surface area contributed by atoms with Crippen LogP contribution < -0.4 is 15.0 Å². The van der Waals surface area contributed by atoms with E-state index < -0.39 is 53.3 Å². The molecule has 3 amide bonds. The summed E-state index contributed by atoms with van der Waals surface area (Å²) in [7, 11) is 0. The number of nitriles is 1. The molecule has 13 nitrogen and oxygen atoms in total. The number of carbonyl (C=O) groups excluding carboxylic acids is 3. The van der Waals surface area contributed by atoms with Crippen LogP contribution in [0.4, 0.5) is 23.4 Å². The van der Waals surface area contributed by atoms with Crippen molar-refractivity contribution in [2.24, 2.45) is 0 Å². The molecule has 3 atom stereocenters. The van der Waals surface area contributed by atoms with Crippen LogP contribution >= 0.6 is 0 Å². The number of halogens is 4. The predicted molar refractivity (Wildman–Crippen MR) is 210 cm³/mol. The second-order valence-corrected chi connectivity index (χ2v) is 15.3. The van der Waals surface area contributed by atoms with Crippen molar-refractivity contribution >= 4 is 23.5 Å². The van der Waals surface area contributed by atoms with Gasteiger partial charge in [-0.2, -0.15) is 23.5 Å². The fourth-order valence-corrected chi connectivity index (χ4v) is 8.49. The van der Waals surface area contributed by atoms with Crippen molar-refractivity contribution < 1.29 is 41.4 Å². The van der Waals surface area contributed by atoms with Crippen molar-refractivity contribution in [3.8, 4) is 17.5 Å². The monoisotopic (exact) mass is 828 g/mol. The smallest absolute Gasteiger partial charge is 0.416 e. The summed E-state index contributed by atoms with van der Waals surface area (Å²) in [5.41, 5.74) is -0.467. The zero-order chi connectivity index (χ0) is 42.1. The predicted octanol–water partition coefficient (Wildman–Crippen LogP) is 4.85. The first-order valence-electron chi connectivity index (χ1n) is 20.1. The van der Waals surface area contributed by atoms with Crippen molar-refractivity contribution in [2.45, 2.75) is 50.0 Å². The molecule has 17 heteroatoms. The highest BCUT2D eigenvalue weighted by Crippen LogP contribution is 2.45. The van der Waals surface area contributed by atoms with Gasteiger partial charge in [-0.25, -0.2) is 9.07 Å². The number of nitrogens with zero attached hydrogens (tertiary/aromatic N) is 7. The summed E-state index contributed by atoms with van der Waals surface area (Å²) in [6.07, 6.45) is -3.70. The van der Waals surface area contributed by atoms with Gasteiger partial charge >= 0.3 is 6.18 Å². The molecule has 3 aromatic carbocycles. The summed E-state index contributed by atoms with van der Waals surface area (Å²) < 4.78 is 68.5. The Morgan fingerprint density at radius 3 is 2.43 bits per heavy atom. The standard InChI is InChI=1S/C43H44F4N8O5/c1-2-53-40-36(35(27-11-13-30(44)14-12-27)37(41(53)57)49-39(56)28-6-3-7-29(22-28)43(45,46)47)38(42(58)54-15-5-9-32(54)24-48)50-55(40)31-8-4-10-34(23-31)60-21-20-51-16-18-52(19-17-51)33-25-59-26-33/h3-4,6-8,10-14,22-23,32-33,35,37H,2,5,9,15-21,25-26H2,1H3,(H,49,56)/t32-,35-,37-/m0/s1. The second-order valence-electron chi connectivity index (χ2n) is 15.3. The largest absolute Gasteiger partial charge is 0.492 e. The summed E-state index contributed by atoms with van der Waals surface area (Å²) in [4.78, 5) is 50.8. The van der Waals surface area contributed by atoms with Crippen molar-refractivity contribution in [1.82, 2.24) is 29.8 Å². The molecule has 314 valence electrons. The molecular weight excluding hydrogens is 785 g/mol. The molecule has 3 fully saturated rings. The molecule has 0 spiro atoms. The molecule has 3 saturated heterocycles. The zero-order valence-electron chi connectivity index (χ0n) is 32.9. The van der Waals surface area contributed by atoms with Gasteiger partial charge in [-0.1, -0.05) is 24.3 Å². The molecule has 4 aliphatic rings. The molecule has 0 saturated carbocycles. The summed E-state index contributed by atoms with van der Waals surface area (Å²) >= 11 is 0. The van der Waals surface area contributed by atoms with Gasteiger partial charge in [0.1, 0.15) is 36.1 Å². The Labute approximate surface area is 344 Å². The van der Waals surface area contributed by atoms with Gasteiger partial charge in [0.25, 0.3) is 17.7 Å². The van der Waals surface area contributed by atoms with Crippen LogP contribution in [0.1, 0.15) is 63.2 Å². The van der Waals surface area contributed by atoms with Gasteiger partial charge in [0.05, 0.1) is 36.6 Å². The first kappa shape index (κ1) is 40.9. The number of likely N-dealkylation sites (N-methyl/N-ethyl adjacent to an activating group) is 1. The van der Waals surface area contributed by atoms with Gasteiger partial charge in [0, 0.05) is 68.9 Å². The number of likely N-dealkylation sites (tertiary alicyclic amines) is 1. The van der Waals surface area contributed by atoms with Gasteiger partial charge < -0.3 is 19.7 Å². The number of fused-ring (bicyclic) bond motifs is 1. The fourth-order valence-electron chi connectivity index (χ4n) is 8.49. The lowest BCUT2D eigenvalue weighted by Gasteiger charge is -2.42. The maximum absolute atomic E-state index is 14.8. The first-order valence-corrected chi connectivity index (χ1v) is 20.1. The molecule has 60 heavy (non-hydrogen) atoms. The normalized spacial score (nSPS) is 21.3. The number of nitrogens with one attached hydrogen (secondary N) is 1. The molecular formula is C43H44F4N8O5. The second kappa shape index (κ2) is 17.0.